The van der Waals surface area contributed by atoms with Crippen molar-refractivity contribution in [1.82, 2.24) is 10.7 Å². The summed E-state index contributed by atoms with van der Waals surface area (Å²) < 4.78 is 40.6. The molecule has 0 fully saturated rings. The van der Waals surface area contributed by atoms with E-state index in [-0.39, 0.29) is 17.5 Å². The predicted molar refractivity (Wildman–Crippen MR) is 111 cm³/mol. The predicted octanol–water partition coefficient (Wildman–Crippen LogP) is 4.95. The first-order valence-corrected chi connectivity index (χ1v) is 9.95. The van der Waals surface area contributed by atoms with Gasteiger partial charge in [-0.1, -0.05) is 31.0 Å². The number of halogens is 4. The average molecular weight is 451 g/mol. The zero-order valence-corrected chi connectivity index (χ0v) is 17.1. The maximum Gasteiger partial charge on any atom is 0.573 e. The highest BCUT2D eigenvalue weighted by Crippen LogP contribution is 2.43. The Hall–Kier alpha value is -3.20. The van der Waals surface area contributed by atoms with Gasteiger partial charge in [-0.25, -0.2) is 0 Å². The van der Waals surface area contributed by atoms with E-state index in [1.165, 1.54) is 12.1 Å². The molecule has 0 aromatic heterocycles. The molecule has 10 heteroatoms. The van der Waals surface area contributed by atoms with Crippen LogP contribution in [-0.2, 0) is 4.79 Å². The van der Waals surface area contributed by atoms with Crippen LogP contribution in [0.5, 0.6) is 5.75 Å². The van der Waals surface area contributed by atoms with Crippen LogP contribution in [0, 0.1) is 0 Å². The highest BCUT2D eigenvalue weighted by molar-refractivity contribution is 6.43. The van der Waals surface area contributed by atoms with Gasteiger partial charge in [0.05, 0.1) is 11.4 Å². The monoisotopic (exact) mass is 450 g/mol. The Labute approximate surface area is 181 Å². The van der Waals surface area contributed by atoms with Crippen molar-refractivity contribution in [2.24, 2.45) is 5.10 Å². The Bertz CT molecular complexity index is 1080. The summed E-state index contributed by atoms with van der Waals surface area (Å²) in [5, 5.41) is 10.5. The number of benzene rings is 2. The van der Waals surface area contributed by atoms with Crippen molar-refractivity contribution in [2.45, 2.75) is 32.0 Å². The Morgan fingerprint density at radius 1 is 1.23 bits per heavy atom. The molecule has 0 unspecified atom stereocenters. The van der Waals surface area contributed by atoms with Gasteiger partial charge in [0.2, 0.25) is 5.84 Å². The number of rotatable bonds is 5. The number of amides is 1. The van der Waals surface area contributed by atoms with Gasteiger partial charge >= 0.3 is 6.36 Å². The van der Waals surface area contributed by atoms with Gasteiger partial charge in [0.1, 0.15) is 5.75 Å². The Balaban J connectivity index is 1.48. The van der Waals surface area contributed by atoms with Gasteiger partial charge < -0.3 is 15.4 Å². The summed E-state index contributed by atoms with van der Waals surface area (Å²) in [7, 11) is 0. The number of nitrogens with zero attached hydrogens (tertiary/aromatic N) is 1. The van der Waals surface area contributed by atoms with Crippen LogP contribution in [0.2, 0.25) is 5.02 Å². The van der Waals surface area contributed by atoms with Crippen molar-refractivity contribution >= 4 is 34.7 Å². The number of fused-ring (bicyclic) bond motifs is 2. The van der Waals surface area contributed by atoms with Crippen molar-refractivity contribution in [2.75, 3.05) is 5.32 Å². The Kier molecular flexibility index (Phi) is 5.53. The number of alkyl halides is 3. The summed E-state index contributed by atoms with van der Waals surface area (Å²) in [6.45, 7) is 2.09. The van der Waals surface area contributed by atoms with Crippen molar-refractivity contribution < 1.29 is 22.7 Å². The number of ether oxygens (including phenoxy) is 1. The number of hydrazone groups is 1. The Morgan fingerprint density at radius 2 is 1.97 bits per heavy atom. The van der Waals surface area contributed by atoms with Gasteiger partial charge in [-0.05, 0) is 48.4 Å². The Morgan fingerprint density at radius 3 is 2.65 bits per heavy atom. The van der Waals surface area contributed by atoms with Crippen molar-refractivity contribution in [1.29, 1.82) is 0 Å². The lowest BCUT2D eigenvalue weighted by Crippen LogP contribution is -2.40. The fourth-order valence-electron chi connectivity index (χ4n) is 3.68. The smallest absolute Gasteiger partial charge is 0.406 e. The third-order valence-corrected chi connectivity index (χ3v) is 5.18. The molecular weight excluding hydrogens is 433 g/mol. The zero-order chi connectivity index (χ0) is 22.2. The minimum absolute atomic E-state index is 0.0346. The number of hydrogen-bond acceptors (Lipinski definition) is 5. The molecule has 2 aromatic rings. The minimum Gasteiger partial charge on any atom is -0.406 e. The van der Waals surface area contributed by atoms with E-state index in [0.29, 0.717) is 10.7 Å². The lowest BCUT2D eigenvalue weighted by atomic mass is 9.95. The second-order valence-corrected chi connectivity index (χ2v) is 7.52. The molecule has 0 bridgehead atoms. The third kappa shape index (κ3) is 4.46. The van der Waals surface area contributed by atoms with Gasteiger partial charge in [-0.3, -0.25) is 10.2 Å². The fraction of sp³-hybridized carbons (Fsp3) is 0.238. The summed E-state index contributed by atoms with van der Waals surface area (Å²) in [4.78, 5) is 12.6. The van der Waals surface area contributed by atoms with Crippen LogP contribution >= 0.6 is 11.6 Å². The van der Waals surface area contributed by atoms with E-state index in [0.717, 1.165) is 47.5 Å². The second kappa shape index (κ2) is 8.14. The fourth-order valence-corrected chi connectivity index (χ4v) is 3.86. The molecule has 31 heavy (non-hydrogen) atoms. The molecule has 2 aliphatic rings. The summed E-state index contributed by atoms with van der Waals surface area (Å²) in [5.74, 6) is -0.792. The van der Waals surface area contributed by atoms with Gasteiger partial charge in [0.25, 0.3) is 5.91 Å². The number of carbonyl (C=O) groups is 1. The molecule has 3 N–H and O–H groups in total. The van der Waals surface area contributed by atoms with E-state index in [2.05, 4.69) is 32.8 Å². The standard InChI is InChI=1S/C21H18ClF3N4O2/c1-2-3-14-16-10-11(22)4-9-15(16)17-18(14)28-29-19(27-17)20(30)26-12-5-7-13(8-6-12)31-21(23,24)25/h4-10,14,28H,2-3H2,1H3,(H,26,30)(H,27,29)/t14-/m0/s1. The largest absolute Gasteiger partial charge is 0.573 e. The molecule has 4 rings (SSSR count). The molecule has 1 aliphatic heterocycles. The molecule has 0 saturated heterocycles. The van der Waals surface area contributed by atoms with Crippen LogP contribution in [-0.4, -0.2) is 18.1 Å². The second-order valence-electron chi connectivity index (χ2n) is 7.09. The molecular formula is C21H18ClF3N4O2. The number of anilines is 1. The van der Waals surface area contributed by atoms with Crippen LogP contribution in [0.1, 0.15) is 36.8 Å². The maximum absolute atomic E-state index is 12.6. The van der Waals surface area contributed by atoms with Gasteiger partial charge in [0.15, 0.2) is 0 Å². The van der Waals surface area contributed by atoms with Crippen LogP contribution < -0.4 is 20.8 Å². The number of carbonyl (C=O) groups excluding carboxylic acids is 1. The third-order valence-electron chi connectivity index (χ3n) is 4.95. The van der Waals surface area contributed by atoms with E-state index < -0.39 is 12.3 Å². The molecule has 1 heterocycles. The van der Waals surface area contributed by atoms with Gasteiger partial charge in [-0.2, -0.15) is 5.10 Å². The average Bonchev–Trinajstić information content (AvgIpc) is 3.01. The van der Waals surface area contributed by atoms with Gasteiger partial charge in [0, 0.05) is 22.2 Å². The molecule has 1 aliphatic carbocycles. The van der Waals surface area contributed by atoms with E-state index in [1.807, 2.05) is 12.1 Å². The highest BCUT2D eigenvalue weighted by Gasteiger charge is 2.35. The lowest BCUT2D eigenvalue weighted by molar-refractivity contribution is -0.274. The SMILES string of the molecule is CCC[C@@H]1C2=C(NC(C(=O)Nc3ccc(OC(F)(F)F)cc3)=NN2)c2ccc(Cl)cc21. The zero-order valence-electron chi connectivity index (χ0n) is 16.3. The van der Waals surface area contributed by atoms with Crippen molar-refractivity contribution in [3.63, 3.8) is 0 Å². The number of allylic oxidation sites excluding steroid dienone is 1. The van der Waals surface area contributed by atoms with E-state index in [4.69, 9.17) is 11.6 Å². The van der Waals surface area contributed by atoms with Crippen molar-refractivity contribution in [3.05, 3.63) is 64.3 Å². The molecule has 0 spiro atoms. The van der Waals surface area contributed by atoms with Crippen LogP contribution in [0.15, 0.2) is 53.3 Å². The normalized spacial score (nSPS) is 17.2. The number of hydrogen-bond donors (Lipinski definition) is 3. The first kappa shape index (κ1) is 21.0. The van der Waals surface area contributed by atoms with Crippen LogP contribution in [0.3, 0.4) is 0 Å². The summed E-state index contributed by atoms with van der Waals surface area (Å²) >= 11 is 6.18. The van der Waals surface area contributed by atoms with Gasteiger partial charge in [-0.15, -0.1) is 13.2 Å². The summed E-state index contributed by atoms with van der Waals surface area (Å²) in [6, 6.07) is 10.5. The van der Waals surface area contributed by atoms with Crippen LogP contribution in [0.4, 0.5) is 18.9 Å². The molecule has 1 atom stereocenters. The molecule has 2 aromatic carbocycles. The molecule has 6 nitrogen and oxygen atoms in total. The molecule has 1 amide bonds. The maximum atomic E-state index is 12.6. The number of amidine groups is 1. The summed E-state index contributed by atoms with van der Waals surface area (Å²) in [5.41, 5.74) is 6.94. The van der Waals surface area contributed by atoms with E-state index in [9.17, 15) is 18.0 Å². The minimum atomic E-state index is -4.78. The highest BCUT2D eigenvalue weighted by atomic mass is 35.5. The number of nitrogens with one attached hydrogen (secondary N) is 3. The topological polar surface area (TPSA) is 74.8 Å². The van der Waals surface area contributed by atoms with E-state index >= 15 is 0 Å². The molecule has 0 radical (unpaired) electrons. The van der Waals surface area contributed by atoms with Crippen LogP contribution in [0.25, 0.3) is 5.70 Å². The van der Waals surface area contributed by atoms with E-state index in [1.54, 1.807) is 6.07 Å². The first-order valence-electron chi connectivity index (χ1n) is 9.57. The quantitative estimate of drug-likeness (QED) is 0.602. The first-order chi connectivity index (χ1) is 14.7. The molecule has 0 saturated carbocycles. The van der Waals surface area contributed by atoms with Crippen molar-refractivity contribution in [3.8, 4) is 5.75 Å². The summed E-state index contributed by atoms with van der Waals surface area (Å²) in [6.07, 6.45) is -2.93. The lowest BCUT2D eigenvalue weighted by Gasteiger charge is -2.21. The molecule has 162 valence electrons.